The molecule has 1 aliphatic carbocycles. The van der Waals surface area contributed by atoms with E-state index in [0.717, 1.165) is 30.4 Å². The van der Waals surface area contributed by atoms with Crippen molar-refractivity contribution in [3.63, 3.8) is 0 Å². The number of carbonyl (C=O) groups is 3. The van der Waals surface area contributed by atoms with Gasteiger partial charge in [-0.2, -0.15) is 10.2 Å². The third-order valence-electron chi connectivity index (χ3n) is 4.72. The number of aryl methyl sites for hydroxylation is 1. The van der Waals surface area contributed by atoms with Gasteiger partial charge in [0.15, 0.2) is 5.69 Å². The van der Waals surface area contributed by atoms with Crippen molar-refractivity contribution in [3.8, 4) is 0 Å². The number of aliphatic carboxylic acids is 1. The molecule has 1 fully saturated rings. The molecule has 0 unspecified atom stereocenters. The van der Waals surface area contributed by atoms with Crippen LogP contribution in [0.3, 0.4) is 0 Å². The molecule has 3 rings (SSSR count). The van der Waals surface area contributed by atoms with Crippen molar-refractivity contribution in [2.24, 2.45) is 0 Å². The van der Waals surface area contributed by atoms with Crippen molar-refractivity contribution in [2.45, 2.75) is 58.2 Å². The van der Waals surface area contributed by atoms with Gasteiger partial charge < -0.3 is 15.7 Å². The molecule has 0 atom stereocenters. The molecule has 2 heterocycles. The fourth-order valence-electron chi connectivity index (χ4n) is 3.31. The summed E-state index contributed by atoms with van der Waals surface area (Å²) in [4.78, 5) is 36.2. The average molecular weight is 388 g/mol. The standard InChI is InChI=1S/C18H24N6O4/c1-2-23-10-13(16(22-23)18(28)20-12-6-4-3-5-7-12)21-17(27)14-8-9-19-24(14)11-15(25)26/h8-10,12H,2-7,11H2,1H3,(H,20,28)(H,21,27)(H,25,26). The van der Waals surface area contributed by atoms with Gasteiger partial charge in [0.2, 0.25) is 0 Å². The Kier molecular flexibility index (Phi) is 6.07. The van der Waals surface area contributed by atoms with Crippen molar-refractivity contribution < 1.29 is 19.5 Å². The van der Waals surface area contributed by atoms with E-state index < -0.39 is 18.4 Å². The zero-order chi connectivity index (χ0) is 20.1. The number of carbonyl (C=O) groups excluding carboxylic acids is 2. The summed E-state index contributed by atoms with van der Waals surface area (Å²) in [5.74, 6) is -1.99. The van der Waals surface area contributed by atoms with E-state index in [2.05, 4.69) is 20.8 Å². The Balaban J connectivity index is 1.77. The second-order valence-corrected chi connectivity index (χ2v) is 6.78. The van der Waals surface area contributed by atoms with Crippen LogP contribution in [-0.2, 0) is 17.9 Å². The van der Waals surface area contributed by atoms with E-state index in [9.17, 15) is 14.4 Å². The minimum Gasteiger partial charge on any atom is -0.480 e. The van der Waals surface area contributed by atoms with Crippen molar-refractivity contribution in [2.75, 3.05) is 5.32 Å². The summed E-state index contributed by atoms with van der Waals surface area (Å²) in [7, 11) is 0. The molecule has 10 nitrogen and oxygen atoms in total. The molecule has 2 aromatic heterocycles. The SMILES string of the molecule is CCn1cc(NC(=O)c2ccnn2CC(=O)O)c(C(=O)NC2CCCCC2)n1. The van der Waals surface area contributed by atoms with Gasteiger partial charge in [-0.25, -0.2) is 4.68 Å². The van der Waals surface area contributed by atoms with Gasteiger partial charge in [-0.3, -0.25) is 19.1 Å². The molecule has 150 valence electrons. The maximum atomic E-state index is 12.7. The first-order valence-corrected chi connectivity index (χ1v) is 9.41. The Morgan fingerprint density at radius 1 is 1.21 bits per heavy atom. The Morgan fingerprint density at radius 3 is 2.64 bits per heavy atom. The Bertz CT molecular complexity index is 865. The molecule has 0 aromatic carbocycles. The van der Waals surface area contributed by atoms with Gasteiger partial charge in [0.05, 0.1) is 5.69 Å². The van der Waals surface area contributed by atoms with Crippen molar-refractivity contribution in [1.29, 1.82) is 0 Å². The number of nitrogens with one attached hydrogen (secondary N) is 2. The third-order valence-corrected chi connectivity index (χ3v) is 4.72. The van der Waals surface area contributed by atoms with E-state index in [4.69, 9.17) is 5.11 Å². The first kappa shape index (κ1) is 19.6. The third kappa shape index (κ3) is 4.56. The van der Waals surface area contributed by atoms with Crippen LogP contribution in [0.25, 0.3) is 0 Å². The largest absolute Gasteiger partial charge is 0.480 e. The lowest BCUT2D eigenvalue weighted by atomic mass is 9.95. The van der Waals surface area contributed by atoms with Crippen molar-refractivity contribution in [3.05, 3.63) is 29.8 Å². The van der Waals surface area contributed by atoms with Crippen LogP contribution in [0.5, 0.6) is 0 Å². The minimum atomic E-state index is -1.11. The Labute approximate surface area is 161 Å². The van der Waals surface area contributed by atoms with Gasteiger partial charge in [0.1, 0.15) is 12.2 Å². The summed E-state index contributed by atoms with van der Waals surface area (Å²) in [6, 6.07) is 1.54. The van der Waals surface area contributed by atoms with E-state index in [1.54, 1.807) is 10.9 Å². The normalized spacial score (nSPS) is 14.6. The van der Waals surface area contributed by atoms with Crippen LogP contribution >= 0.6 is 0 Å². The minimum absolute atomic E-state index is 0.0882. The van der Waals surface area contributed by atoms with Crippen LogP contribution in [-0.4, -0.2) is 48.5 Å². The molecule has 10 heteroatoms. The first-order valence-electron chi connectivity index (χ1n) is 9.41. The summed E-state index contributed by atoms with van der Waals surface area (Å²) < 4.78 is 2.66. The lowest BCUT2D eigenvalue weighted by Gasteiger charge is -2.22. The molecular weight excluding hydrogens is 364 g/mol. The van der Waals surface area contributed by atoms with Crippen LogP contribution in [0.2, 0.25) is 0 Å². The number of carboxylic acid groups (broad SMARTS) is 1. The van der Waals surface area contributed by atoms with Gasteiger partial charge in [0, 0.05) is 25.0 Å². The fourth-order valence-corrected chi connectivity index (χ4v) is 3.31. The van der Waals surface area contributed by atoms with Gasteiger partial charge in [0.25, 0.3) is 11.8 Å². The van der Waals surface area contributed by atoms with E-state index >= 15 is 0 Å². The molecule has 0 aliphatic heterocycles. The van der Waals surface area contributed by atoms with E-state index in [0.29, 0.717) is 6.54 Å². The fraction of sp³-hybridized carbons (Fsp3) is 0.500. The predicted octanol–water partition coefficient (Wildman–Crippen LogP) is 1.50. The molecule has 1 aliphatic rings. The summed E-state index contributed by atoms with van der Waals surface area (Å²) in [6.07, 6.45) is 8.18. The number of carboxylic acids is 1. The van der Waals surface area contributed by atoms with Crippen molar-refractivity contribution in [1.82, 2.24) is 24.9 Å². The molecular formula is C18H24N6O4. The zero-order valence-corrected chi connectivity index (χ0v) is 15.7. The number of hydrogen-bond acceptors (Lipinski definition) is 5. The lowest BCUT2D eigenvalue weighted by Crippen LogP contribution is -2.36. The highest BCUT2D eigenvalue weighted by Gasteiger charge is 2.23. The number of aromatic nitrogens is 4. The van der Waals surface area contributed by atoms with Crippen LogP contribution in [0.1, 0.15) is 60.0 Å². The summed E-state index contributed by atoms with van der Waals surface area (Å²) in [6.45, 7) is 1.98. The number of anilines is 1. The number of nitrogens with zero attached hydrogens (tertiary/aromatic N) is 4. The summed E-state index contributed by atoms with van der Waals surface area (Å²) in [5.41, 5.74) is 0.513. The average Bonchev–Trinajstić information content (AvgIpc) is 3.28. The smallest absolute Gasteiger partial charge is 0.325 e. The lowest BCUT2D eigenvalue weighted by molar-refractivity contribution is -0.137. The highest BCUT2D eigenvalue weighted by atomic mass is 16.4. The molecule has 3 N–H and O–H groups in total. The molecule has 0 radical (unpaired) electrons. The van der Waals surface area contributed by atoms with Gasteiger partial charge in [-0.05, 0) is 25.8 Å². The molecule has 0 spiro atoms. The molecule has 28 heavy (non-hydrogen) atoms. The number of amides is 2. The van der Waals surface area contributed by atoms with Gasteiger partial charge in [-0.1, -0.05) is 19.3 Å². The summed E-state index contributed by atoms with van der Waals surface area (Å²) >= 11 is 0. The summed E-state index contributed by atoms with van der Waals surface area (Å²) in [5, 5.41) is 22.7. The second-order valence-electron chi connectivity index (χ2n) is 6.78. The number of hydrogen-bond donors (Lipinski definition) is 3. The highest BCUT2D eigenvalue weighted by molar-refractivity contribution is 6.07. The number of rotatable bonds is 7. The highest BCUT2D eigenvalue weighted by Crippen LogP contribution is 2.20. The van der Waals surface area contributed by atoms with Crippen LogP contribution in [0.15, 0.2) is 18.5 Å². The Morgan fingerprint density at radius 2 is 1.96 bits per heavy atom. The first-order chi connectivity index (χ1) is 13.5. The van der Waals surface area contributed by atoms with E-state index in [1.807, 2.05) is 6.92 Å². The predicted molar refractivity (Wildman–Crippen MR) is 100 cm³/mol. The molecule has 2 aromatic rings. The maximum Gasteiger partial charge on any atom is 0.325 e. The maximum absolute atomic E-state index is 12.7. The molecule has 1 saturated carbocycles. The Hall–Kier alpha value is -3.17. The van der Waals surface area contributed by atoms with E-state index in [1.165, 1.54) is 18.7 Å². The van der Waals surface area contributed by atoms with Crippen LogP contribution in [0, 0.1) is 0 Å². The van der Waals surface area contributed by atoms with Crippen LogP contribution < -0.4 is 10.6 Å². The van der Waals surface area contributed by atoms with Gasteiger partial charge in [-0.15, -0.1) is 0 Å². The monoisotopic (exact) mass is 388 g/mol. The topological polar surface area (TPSA) is 131 Å². The quantitative estimate of drug-likeness (QED) is 0.659. The molecule has 2 amide bonds. The second kappa shape index (κ2) is 8.68. The zero-order valence-electron chi connectivity index (χ0n) is 15.7. The van der Waals surface area contributed by atoms with E-state index in [-0.39, 0.29) is 29.0 Å². The molecule has 0 saturated heterocycles. The van der Waals surface area contributed by atoms with Crippen LogP contribution in [0.4, 0.5) is 5.69 Å². The van der Waals surface area contributed by atoms with Gasteiger partial charge >= 0.3 is 5.97 Å². The van der Waals surface area contributed by atoms with Crippen molar-refractivity contribution >= 4 is 23.5 Å². The molecule has 0 bridgehead atoms.